The van der Waals surface area contributed by atoms with Gasteiger partial charge in [0.25, 0.3) is 0 Å². The predicted octanol–water partition coefficient (Wildman–Crippen LogP) is 3.93. The third-order valence-electron chi connectivity index (χ3n) is 6.24. The summed E-state index contributed by atoms with van der Waals surface area (Å²) >= 11 is 0. The number of nitrogens with one attached hydrogen (secondary N) is 1. The molecule has 1 atom stereocenters. The van der Waals surface area contributed by atoms with Gasteiger partial charge >= 0.3 is 0 Å². The molecule has 7 heteroatoms. The van der Waals surface area contributed by atoms with E-state index in [1.165, 1.54) is 12.1 Å². The molecule has 3 heterocycles. The molecular formula is C25H32FN5O. The summed E-state index contributed by atoms with van der Waals surface area (Å²) < 4.78 is 15.1. The minimum atomic E-state index is -0.198. The normalized spacial score (nSPS) is 16.9. The highest BCUT2D eigenvalue weighted by Gasteiger charge is 2.27. The second-order valence-corrected chi connectivity index (χ2v) is 9.17. The van der Waals surface area contributed by atoms with Gasteiger partial charge in [-0.3, -0.25) is 9.69 Å². The number of rotatable bonds is 7. The second kappa shape index (κ2) is 9.36. The first-order valence-corrected chi connectivity index (χ1v) is 11.4. The number of hydrogen-bond donors (Lipinski definition) is 1. The second-order valence-electron chi connectivity index (χ2n) is 9.17. The van der Waals surface area contributed by atoms with E-state index in [2.05, 4.69) is 23.2 Å². The van der Waals surface area contributed by atoms with Crippen LogP contribution in [-0.2, 0) is 17.8 Å². The highest BCUT2D eigenvalue weighted by molar-refractivity contribution is 5.76. The highest BCUT2D eigenvalue weighted by Crippen LogP contribution is 2.29. The van der Waals surface area contributed by atoms with Gasteiger partial charge in [-0.15, -0.1) is 0 Å². The fourth-order valence-electron chi connectivity index (χ4n) is 4.60. The molecule has 1 aliphatic rings. The summed E-state index contributed by atoms with van der Waals surface area (Å²) in [4.78, 5) is 19.3. The SMILES string of the molecule is Cc1nc2cc([C@@H]3CCN(Cc4ccc(F)cc4)C3)nn2c(C)c1CCC(=O)NC(C)C. The van der Waals surface area contributed by atoms with Crippen molar-refractivity contribution in [2.45, 2.75) is 65.5 Å². The van der Waals surface area contributed by atoms with E-state index in [4.69, 9.17) is 10.1 Å². The fraction of sp³-hybridized carbons (Fsp3) is 0.480. The average molecular weight is 438 g/mol. The van der Waals surface area contributed by atoms with Gasteiger partial charge in [-0.1, -0.05) is 12.1 Å². The molecule has 1 aromatic carbocycles. The van der Waals surface area contributed by atoms with E-state index in [-0.39, 0.29) is 17.8 Å². The lowest BCUT2D eigenvalue weighted by atomic mass is 10.1. The molecule has 0 bridgehead atoms. The van der Waals surface area contributed by atoms with Crippen molar-refractivity contribution in [1.82, 2.24) is 24.8 Å². The van der Waals surface area contributed by atoms with Crippen molar-refractivity contribution in [3.63, 3.8) is 0 Å². The zero-order chi connectivity index (χ0) is 22.8. The van der Waals surface area contributed by atoms with Crippen LogP contribution in [-0.4, -0.2) is 44.5 Å². The number of fused-ring (bicyclic) bond motifs is 1. The van der Waals surface area contributed by atoms with Crippen LogP contribution in [0.2, 0.25) is 0 Å². The van der Waals surface area contributed by atoms with Crippen molar-refractivity contribution in [3.8, 4) is 0 Å². The molecule has 170 valence electrons. The van der Waals surface area contributed by atoms with E-state index in [0.717, 1.165) is 59.9 Å². The lowest BCUT2D eigenvalue weighted by Gasteiger charge is -2.15. The van der Waals surface area contributed by atoms with Gasteiger partial charge in [-0.25, -0.2) is 13.9 Å². The first kappa shape index (κ1) is 22.4. The van der Waals surface area contributed by atoms with Gasteiger partial charge in [0.2, 0.25) is 5.91 Å². The summed E-state index contributed by atoms with van der Waals surface area (Å²) in [5.41, 5.74) is 6.16. The van der Waals surface area contributed by atoms with E-state index >= 15 is 0 Å². The summed E-state index contributed by atoms with van der Waals surface area (Å²) in [5.74, 6) is 0.222. The van der Waals surface area contributed by atoms with Crippen LogP contribution in [0.1, 0.15) is 60.8 Å². The molecule has 0 aliphatic carbocycles. The molecular weight excluding hydrogens is 405 g/mol. The van der Waals surface area contributed by atoms with Crippen LogP contribution < -0.4 is 5.32 Å². The molecule has 1 amide bonds. The number of hydrogen-bond acceptors (Lipinski definition) is 4. The summed E-state index contributed by atoms with van der Waals surface area (Å²) in [5, 5.41) is 7.85. The minimum absolute atomic E-state index is 0.0623. The van der Waals surface area contributed by atoms with E-state index in [9.17, 15) is 9.18 Å². The predicted molar refractivity (Wildman–Crippen MR) is 123 cm³/mol. The zero-order valence-electron chi connectivity index (χ0n) is 19.4. The molecule has 1 N–H and O–H groups in total. The molecule has 3 aromatic rings. The summed E-state index contributed by atoms with van der Waals surface area (Å²) in [6.07, 6.45) is 2.15. The highest BCUT2D eigenvalue weighted by atomic mass is 19.1. The molecule has 2 aromatic heterocycles. The maximum absolute atomic E-state index is 13.2. The number of likely N-dealkylation sites (tertiary alicyclic amines) is 1. The van der Waals surface area contributed by atoms with Crippen molar-refractivity contribution in [2.24, 2.45) is 0 Å². The summed E-state index contributed by atoms with van der Waals surface area (Å²) in [6, 6.07) is 8.99. The Kier molecular flexibility index (Phi) is 6.55. The van der Waals surface area contributed by atoms with E-state index in [0.29, 0.717) is 18.8 Å². The van der Waals surface area contributed by atoms with Crippen LogP contribution in [0.25, 0.3) is 5.65 Å². The minimum Gasteiger partial charge on any atom is -0.354 e. The van der Waals surface area contributed by atoms with Gasteiger partial charge in [0.05, 0.1) is 5.69 Å². The van der Waals surface area contributed by atoms with Crippen molar-refractivity contribution >= 4 is 11.6 Å². The van der Waals surface area contributed by atoms with Crippen LogP contribution in [0, 0.1) is 19.7 Å². The van der Waals surface area contributed by atoms with Gasteiger partial charge in [0, 0.05) is 48.9 Å². The summed E-state index contributed by atoms with van der Waals surface area (Å²) in [7, 11) is 0. The Balaban J connectivity index is 1.47. The Labute approximate surface area is 188 Å². The molecule has 1 aliphatic heterocycles. The molecule has 0 unspecified atom stereocenters. The number of carbonyl (C=O) groups is 1. The van der Waals surface area contributed by atoms with Crippen molar-refractivity contribution in [1.29, 1.82) is 0 Å². The molecule has 6 nitrogen and oxygen atoms in total. The monoisotopic (exact) mass is 437 g/mol. The van der Waals surface area contributed by atoms with Crippen LogP contribution in [0.3, 0.4) is 0 Å². The van der Waals surface area contributed by atoms with Gasteiger partial charge in [0.15, 0.2) is 5.65 Å². The van der Waals surface area contributed by atoms with Crippen molar-refractivity contribution < 1.29 is 9.18 Å². The quantitative estimate of drug-likeness (QED) is 0.608. The molecule has 32 heavy (non-hydrogen) atoms. The molecule has 1 saturated heterocycles. The number of amides is 1. The Hall–Kier alpha value is -2.80. The smallest absolute Gasteiger partial charge is 0.220 e. The number of aromatic nitrogens is 3. The number of aryl methyl sites for hydroxylation is 2. The zero-order valence-corrected chi connectivity index (χ0v) is 19.4. The third kappa shape index (κ3) is 4.99. The lowest BCUT2D eigenvalue weighted by molar-refractivity contribution is -0.121. The molecule has 0 spiro atoms. The van der Waals surface area contributed by atoms with Gasteiger partial charge in [-0.05, 0) is 70.3 Å². The number of benzene rings is 1. The van der Waals surface area contributed by atoms with Crippen LogP contribution in [0.5, 0.6) is 0 Å². The maximum atomic E-state index is 13.2. The van der Waals surface area contributed by atoms with E-state index < -0.39 is 0 Å². The van der Waals surface area contributed by atoms with Gasteiger partial charge < -0.3 is 5.32 Å². The van der Waals surface area contributed by atoms with Crippen molar-refractivity contribution in [2.75, 3.05) is 13.1 Å². The number of halogens is 1. The average Bonchev–Trinajstić information content (AvgIpc) is 3.36. The Morgan fingerprint density at radius 3 is 2.72 bits per heavy atom. The lowest BCUT2D eigenvalue weighted by Crippen LogP contribution is -2.30. The standard InChI is InChI=1S/C25H32FN5O/c1-16(2)27-25(32)10-9-22-17(3)28-24-13-23(29-31(24)18(22)4)20-11-12-30(15-20)14-19-5-7-21(26)8-6-19/h5-8,13,16,20H,9-12,14-15H2,1-4H3,(H,27,32)/t20-/m1/s1. The number of carbonyl (C=O) groups excluding carboxylic acids is 1. The fourth-order valence-corrected chi connectivity index (χ4v) is 4.60. The van der Waals surface area contributed by atoms with Gasteiger partial charge in [0.1, 0.15) is 5.82 Å². The van der Waals surface area contributed by atoms with E-state index in [1.54, 1.807) is 0 Å². The molecule has 1 fully saturated rings. The Morgan fingerprint density at radius 2 is 2.00 bits per heavy atom. The topological polar surface area (TPSA) is 62.5 Å². The Bertz CT molecular complexity index is 1110. The first-order valence-electron chi connectivity index (χ1n) is 11.4. The third-order valence-corrected chi connectivity index (χ3v) is 6.24. The van der Waals surface area contributed by atoms with Crippen LogP contribution in [0.15, 0.2) is 30.3 Å². The van der Waals surface area contributed by atoms with Crippen LogP contribution in [0.4, 0.5) is 4.39 Å². The maximum Gasteiger partial charge on any atom is 0.220 e. The first-order chi connectivity index (χ1) is 15.3. The van der Waals surface area contributed by atoms with E-state index in [1.807, 2.05) is 37.4 Å². The van der Waals surface area contributed by atoms with Crippen molar-refractivity contribution in [3.05, 3.63) is 64.4 Å². The molecule has 0 radical (unpaired) electrons. The Morgan fingerprint density at radius 1 is 1.25 bits per heavy atom. The van der Waals surface area contributed by atoms with Gasteiger partial charge in [-0.2, -0.15) is 5.10 Å². The van der Waals surface area contributed by atoms with Crippen LogP contribution >= 0.6 is 0 Å². The molecule has 0 saturated carbocycles. The molecule has 4 rings (SSSR count). The largest absolute Gasteiger partial charge is 0.354 e. The summed E-state index contributed by atoms with van der Waals surface area (Å²) in [6.45, 7) is 10.8. The number of nitrogens with zero attached hydrogens (tertiary/aromatic N) is 4.